The zero-order valence-electron chi connectivity index (χ0n) is 9.22. The minimum Gasteiger partial charge on any atom is -0.490 e. The van der Waals surface area contributed by atoms with E-state index in [9.17, 15) is 0 Å². The maximum Gasteiger partial charge on any atom is 0.119 e. The van der Waals surface area contributed by atoms with Gasteiger partial charge in [-0.05, 0) is 17.7 Å². The minimum absolute atomic E-state index is 0.283. The lowest BCUT2D eigenvalue weighted by Gasteiger charge is -2.23. The molecule has 0 aromatic heterocycles. The van der Waals surface area contributed by atoms with Crippen LogP contribution < -0.4 is 10.6 Å². The van der Waals surface area contributed by atoms with E-state index in [1.807, 2.05) is 24.3 Å². The smallest absolute Gasteiger partial charge is 0.119 e. The first-order valence-corrected chi connectivity index (χ1v) is 5.53. The van der Waals surface area contributed by atoms with Gasteiger partial charge in [-0.2, -0.15) is 0 Å². The van der Waals surface area contributed by atoms with Crippen LogP contribution in [0.1, 0.15) is 18.4 Å². The molecule has 1 aromatic rings. The Kier molecular flexibility index (Phi) is 4.16. The van der Waals surface area contributed by atoms with E-state index < -0.39 is 0 Å². The summed E-state index contributed by atoms with van der Waals surface area (Å²) in [5, 5.41) is 0. The van der Waals surface area contributed by atoms with Crippen molar-refractivity contribution in [3.63, 3.8) is 0 Å². The van der Waals surface area contributed by atoms with Gasteiger partial charge in [0.25, 0.3) is 0 Å². The highest BCUT2D eigenvalue weighted by Crippen LogP contribution is 2.18. The Morgan fingerprint density at radius 2 is 1.88 bits per heavy atom. The molecular weight excluding hydrogens is 206 g/mol. The minimum atomic E-state index is 0.283. The highest BCUT2D eigenvalue weighted by atomic mass is 16.6. The highest BCUT2D eigenvalue weighted by molar-refractivity contribution is 5.27. The SMILES string of the molecule is NOCc1ccc(OC2CCOCC2)cc1. The Morgan fingerprint density at radius 1 is 1.19 bits per heavy atom. The van der Waals surface area contributed by atoms with Gasteiger partial charge in [-0.1, -0.05) is 12.1 Å². The summed E-state index contributed by atoms with van der Waals surface area (Å²) in [5.41, 5.74) is 1.04. The summed E-state index contributed by atoms with van der Waals surface area (Å²) >= 11 is 0. The molecule has 0 spiro atoms. The van der Waals surface area contributed by atoms with Crippen LogP contribution >= 0.6 is 0 Å². The predicted molar refractivity (Wildman–Crippen MR) is 59.9 cm³/mol. The summed E-state index contributed by atoms with van der Waals surface area (Å²) in [6.45, 7) is 2.02. The van der Waals surface area contributed by atoms with Crippen LogP contribution in [0.3, 0.4) is 0 Å². The molecule has 0 atom stereocenters. The third kappa shape index (κ3) is 3.20. The summed E-state index contributed by atoms with van der Waals surface area (Å²) in [6.07, 6.45) is 2.21. The van der Waals surface area contributed by atoms with E-state index in [1.54, 1.807) is 0 Å². The van der Waals surface area contributed by atoms with Gasteiger partial charge in [-0.15, -0.1) is 0 Å². The van der Waals surface area contributed by atoms with Gasteiger partial charge in [-0.25, -0.2) is 5.90 Å². The van der Waals surface area contributed by atoms with Crippen LogP contribution in [0.2, 0.25) is 0 Å². The topological polar surface area (TPSA) is 53.7 Å². The Hall–Kier alpha value is -1.10. The van der Waals surface area contributed by atoms with Gasteiger partial charge in [0.05, 0.1) is 19.8 Å². The molecule has 4 nitrogen and oxygen atoms in total. The molecule has 0 bridgehead atoms. The van der Waals surface area contributed by atoms with Crippen LogP contribution in [-0.2, 0) is 16.2 Å². The largest absolute Gasteiger partial charge is 0.490 e. The van der Waals surface area contributed by atoms with E-state index in [-0.39, 0.29) is 6.10 Å². The molecule has 1 aliphatic rings. The molecule has 2 N–H and O–H groups in total. The molecule has 0 amide bonds. The summed E-state index contributed by atoms with van der Waals surface area (Å²) in [7, 11) is 0. The Balaban J connectivity index is 1.88. The molecule has 0 saturated carbocycles. The molecule has 0 aliphatic carbocycles. The van der Waals surface area contributed by atoms with Crippen molar-refractivity contribution in [2.45, 2.75) is 25.6 Å². The van der Waals surface area contributed by atoms with E-state index in [1.165, 1.54) is 0 Å². The lowest BCUT2D eigenvalue weighted by molar-refractivity contribution is 0.0255. The molecule has 1 saturated heterocycles. The number of hydrogen-bond donors (Lipinski definition) is 1. The van der Waals surface area contributed by atoms with Crippen molar-refractivity contribution in [2.24, 2.45) is 5.90 Å². The van der Waals surface area contributed by atoms with Gasteiger partial charge in [0, 0.05) is 12.8 Å². The van der Waals surface area contributed by atoms with E-state index >= 15 is 0 Å². The van der Waals surface area contributed by atoms with Gasteiger partial charge >= 0.3 is 0 Å². The first kappa shape index (κ1) is 11.4. The summed E-state index contributed by atoms with van der Waals surface area (Å²) in [6, 6.07) is 7.82. The molecule has 16 heavy (non-hydrogen) atoms. The number of rotatable bonds is 4. The Morgan fingerprint density at radius 3 is 2.50 bits per heavy atom. The number of benzene rings is 1. The summed E-state index contributed by atoms with van der Waals surface area (Å²) in [4.78, 5) is 4.56. The maximum atomic E-state index is 5.84. The second kappa shape index (κ2) is 5.84. The molecular formula is C12H17NO3. The fourth-order valence-corrected chi connectivity index (χ4v) is 1.75. The van der Waals surface area contributed by atoms with Crippen LogP contribution in [-0.4, -0.2) is 19.3 Å². The number of hydrogen-bond acceptors (Lipinski definition) is 4. The fourth-order valence-electron chi connectivity index (χ4n) is 1.75. The van der Waals surface area contributed by atoms with Crippen molar-refractivity contribution in [3.8, 4) is 5.75 Å². The molecule has 2 rings (SSSR count). The predicted octanol–water partition coefficient (Wildman–Crippen LogP) is 1.63. The monoisotopic (exact) mass is 223 g/mol. The van der Waals surface area contributed by atoms with Gasteiger partial charge in [-0.3, -0.25) is 4.84 Å². The van der Waals surface area contributed by atoms with Gasteiger partial charge in [0.15, 0.2) is 0 Å². The van der Waals surface area contributed by atoms with Crippen molar-refractivity contribution in [1.29, 1.82) is 0 Å². The molecule has 1 aromatic carbocycles. The van der Waals surface area contributed by atoms with Crippen molar-refractivity contribution in [2.75, 3.05) is 13.2 Å². The number of ether oxygens (including phenoxy) is 2. The standard InChI is InChI=1S/C12H17NO3/c13-15-9-10-1-3-11(4-2-10)16-12-5-7-14-8-6-12/h1-4,12H,5-9,13H2. The Labute approximate surface area is 95.2 Å². The first-order chi connectivity index (χ1) is 7.88. The average molecular weight is 223 g/mol. The summed E-state index contributed by atoms with van der Waals surface area (Å²) < 4.78 is 11.1. The van der Waals surface area contributed by atoms with Gasteiger partial charge in [0.1, 0.15) is 11.9 Å². The van der Waals surface area contributed by atoms with Crippen molar-refractivity contribution in [3.05, 3.63) is 29.8 Å². The quantitative estimate of drug-likeness (QED) is 0.788. The number of nitrogens with two attached hydrogens (primary N) is 1. The van der Waals surface area contributed by atoms with Crippen LogP contribution in [0.4, 0.5) is 0 Å². The van der Waals surface area contributed by atoms with Crippen molar-refractivity contribution in [1.82, 2.24) is 0 Å². The lowest BCUT2D eigenvalue weighted by atomic mass is 10.1. The van der Waals surface area contributed by atoms with Crippen molar-refractivity contribution >= 4 is 0 Å². The first-order valence-electron chi connectivity index (χ1n) is 5.53. The zero-order chi connectivity index (χ0) is 11.2. The average Bonchev–Trinajstić information content (AvgIpc) is 2.33. The van der Waals surface area contributed by atoms with Crippen molar-refractivity contribution < 1.29 is 14.3 Å². The van der Waals surface area contributed by atoms with E-state index in [0.717, 1.165) is 37.4 Å². The third-order valence-corrected chi connectivity index (χ3v) is 2.64. The van der Waals surface area contributed by atoms with Crippen LogP contribution in [0, 0.1) is 0 Å². The molecule has 88 valence electrons. The molecule has 0 unspecified atom stereocenters. The Bertz CT molecular complexity index is 307. The van der Waals surface area contributed by atoms with E-state index in [2.05, 4.69) is 4.84 Å². The van der Waals surface area contributed by atoms with Crippen LogP contribution in [0.15, 0.2) is 24.3 Å². The van der Waals surface area contributed by atoms with E-state index in [4.69, 9.17) is 15.4 Å². The normalized spacial score (nSPS) is 17.3. The highest BCUT2D eigenvalue weighted by Gasteiger charge is 2.14. The maximum absolute atomic E-state index is 5.84. The molecule has 1 fully saturated rings. The second-order valence-electron chi connectivity index (χ2n) is 3.88. The third-order valence-electron chi connectivity index (χ3n) is 2.64. The van der Waals surface area contributed by atoms with Crippen LogP contribution in [0.5, 0.6) is 5.75 Å². The zero-order valence-corrected chi connectivity index (χ0v) is 9.22. The second-order valence-corrected chi connectivity index (χ2v) is 3.88. The molecule has 1 aliphatic heterocycles. The fraction of sp³-hybridized carbons (Fsp3) is 0.500. The lowest BCUT2D eigenvalue weighted by Crippen LogP contribution is -2.25. The van der Waals surface area contributed by atoms with Gasteiger partial charge in [0.2, 0.25) is 0 Å². The molecule has 1 heterocycles. The molecule has 0 radical (unpaired) electrons. The van der Waals surface area contributed by atoms with Gasteiger partial charge < -0.3 is 9.47 Å². The van der Waals surface area contributed by atoms with E-state index in [0.29, 0.717) is 6.61 Å². The van der Waals surface area contributed by atoms with Crippen LogP contribution in [0.25, 0.3) is 0 Å². The summed E-state index contributed by atoms with van der Waals surface area (Å²) in [5.74, 6) is 5.90. The molecule has 4 heteroatoms.